The van der Waals surface area contributed by atoms with E-state index in [4.69, 9.17) is 0 Å². The van der Waals surface area contributed by atoms with Crippen LogP contribution in [-0.4, -0.2) is 18.8 Å². The second kappa shape index (κ2) is 5.78. The lowest BCUT2D eigenvalue weighted by Gasteiger charge is -2.22. The van der Waals surface area contributed by atoms with Crippen molar-refractivity contribution < 1.29 is 17.2 Å². The molecule has 2 aromatic carbocycles. The number of hydrogen-bond donors (Lipinski definition) is 0. The minimum absolute atomic E-state index is 0.0893. The highest BCUT2D eigenvalue weighted by atomic mass is 32.2. The van der Waals surface area contributed by atoms with Crippen molar-refractivity contribution in [2.45, 2.75) is 30.3 Å². The van der Waals surface area contributed by atoms with E-state index in [0.29, 0.717) is 12.8 Å². The Balaban J connectivity index is 1.98. The van der Waals surface area contributed by atoms with E-state index in [-0.39, 0.29) is 23.0 Å². The molecule has 116 valence electrons. The van der Waals surface area contributed by atoms with Gasteiger partial charge in [-0.2, -0.15) is 4.31 Å². The highest BCUT2D eigenvalue weighted by molar-refractivity contribution is 7.89. The molecule has 0 atom stereocenters. The van der Waals surface area contributed by atoms with Crippen LogP contribution >= 0.6 is 0 Å². The molecule has 2 aromatic rings. The number of halogens is 2. The van der Waals surface area contributed by atoms with Crippen molar-refractivity contribution in [3.63, 3.8) is 0 Å². The molecule has 1 aliphatic carbocycles. The highest BCUT2D eigenvalue weighted by Crippen LogP contribution is 2.34. The molecule has 0 bridgehead atoms. The summed E-state index contributed by atoms with van der Waals surface area (Å²) in [6.07, 6.45) is 1.42. The normalized spacial score (nSPS) is 15.2. The van der Waals surface area contributed by atoms with Gasteiger partial charge >= 0.3 is 0 Å². The Bertz CT molecular complexity index is 788. The van der Waals surface area contributed by atoms with Crippen molar-refractivity contribution in [2.24, 2.45) is 0 Å². The molecule has 1 aliphatic rings. The molecule has 6 heteroatoms. The van der Waals surface area contributed by atoms with Crippen LogP contribution in [0.2, 0.25) is 0 Å². The SMILES string of the molecule is O=S(=O)(c1ccccc1F)N(Cc1ccccc1F)C1CC1. The van der Waals surface area contributed by atoms with Gasteiger partial charge in [-0.1, -0.05) is 30.3 Å². The fourth-order valence-electron chi connectivity index (χ4n) is 2.35. The van der Waals surface area contributed by atoms with Gasteiger partial charge in [0.25, 0.3) is 0 Å². The Kier molecular flexibility index (Phi) is 3.97. The van der Waals surface area contributed by atoms with Crippen LogP contribution in [0.3, 0.4) is 0 Å². The van der Waals surface area contributed by atoms with Crippen LogP contribution in [0.15, 0.2) is 53.4 Å². The lowest BCUT2D eigenvalue weighted by Crippen LogP contribution is -2.33. The maximum atomic E-state index is 13.9. The smallest absolute Gasteiger partial charge is 0.207 e. The molecule has 0 aromatic heterocycles. The zero-order valence-corrected chi connectivity index (χ0v) is 12.6. The Morgan fingerprint density at radius 2 is 1.55 bits per heavy atom. The summed E-state index contributed by atoms with van der Waals surface area (Å²) in [5.41, 5.74) is 0.286. The summed E-state index contributed by atoms with van der Waals surface area (Å²) in [5.74, 6) is -1.25. The lowest BCUT2D eigenvalue weighted by molar-refractivity contribution is 0.388. The van der Waals surface area contributed by atoms with Crippen LogP contribution in [0.4, 0.5) is 8.78 Å². The average molecular weight is 323 g/mol. The highest BCUT2D eigenvalue weighted by Gasteiger charge is 2.39. The predicted molar refractivity (Wildman–Crippen MR) is 78.6 cm³/mol. The molecule has 0 amide bonds. The summed E-state index contributed by atoms with van der Waals surface area (Å²) in [6.45, 7) is -0.0893. The molecule has 0 saturated heterocycles. The predicted octanol–water partition coefficient (Wildman–Crippen LogP) is 3.32. The first kappa shape index (κ1) is 15.1. The molecule has 0 spiro atoms. The Morgan fingerprint density at radius 3 is 2.14 bits per heavy atom. The van der Waals surface area contributed by atoms with Crippen molar-refractivity contribution >= 4 is 10.0 Å². The zero-order valence-electron chi connectivity index (χ0n) is 11.7. The van der Waals surface area contributed by atoms with Crippen molar-refractivity contribution in [1.82, 2.24) is 4.31 Å². The fraction of sp³-hybridized carbons (Fsp3) is 0.250. The lowest BCUT2D eigenvalue weighted by atomic mass is 10.2. The minimum atomic E-state index is -3.99. The first-order valence-electron chi connectivity index (χ1n) is 7.00. The molecule has 0 aliphatic heterocycles. The molecular formula is C16H15F2NO2S. The number of sulfonamides is 1. The van der Waals surface area contributed by atoms with Gasteiger partial charge in [0.05, 0.1) is 0 Å². The third-order valence-electron chi connectivity index (χ3n) is 3.66. The first-order chi connectivity index (χ1) is 10.5. The summed E-state index contributed by atoms with van der Waals surface area (Å²) >= 11 is 0. The number of benzene rings is 2. The second-order valence-electron chi connectivity index (χ2n) is 5.30. The van der Waals surface area contributed by atoms with Crippen LogP contribution in [0.25, 0.3) is 0 Å². The van der Waals surface area contributed by atoms with Gasteiger partial charge in [0, 0.05) is 18.2 Å². The van der Waals surface area contributed by atoms with Gasteiger partial charge < -0.3 is 0 Å². The quantitative estimate of drug-likeness (QED) is 0.846. The van der Waals surface area contributed by atoms with Gasteiger partial charge in [0.2, 0.25) is 10.0 Å². The van der Waals surface area contributed by atoms with Gasteiger partial charge in [-0.25, -0.2) is 17.2 Å². The van der Waals surface area contributed by atoms with Crippen LogP contribution in [0, 0.1) is 11.6 Å². The second-order valence-corrected chi connectivity index (χ2v) is 7.16. The van der Waals surface area contributed by atoms with Crippen LogP contribution in [0.5, 0.6) is 0 Å². The van der Waals surface area contributed by atoms with Crippen molar-refractivity contribution in [3.8, 4) is 0 Å². The van der Waals surface area contributed by atoms with Crippen molar-refractivity contribution in [1.29, 1.82) is 0 Å². The number of rotatable bonds is 5. The van der Waals surface area contributed by atoms with E-state index in [1.165, 1.54) is 28.6 Å². The van der Waals surface area contributed by atoms with E-state index in [9.17, 15) is 17.2 Å². The van der Waals surface area contributed by atoms with Gasteiger partial charge in [-0.3, -0.25) is 0 Å². The molecule has 1 saturated carbocycles. The molecule has 1 fully saturated rings. The Hall–Kier alpha value is -1.79. The van der Waals surface area contributed by atoms with Gasteiger partial charge in [-0.15, -0.1) is 0 Å². The van der Waals surface area contributed by atoms with Crippen LogP contribution < -0.4 is 0 Å². The van der Waals surface area contributed by atoms with Crippen molar-refractivity contribution in [2.75, 3.05) is 0 Å². The summed E-state index contributed by atoms with van der Waals surface area (Å²) in [6, 6.07) is 11.1. The molecule has 0 N–H and O–H groups in total. The third-order valence-corrected chi connectivity index (χ3v) is 5.59. The third kappa shape index (κ3) is 2.89. The summed E-state index contributed by atoms with van der Waals surface area (Å²) in [7, 11) is -3.99. The fourth-order valence-corrected chi connectivity index (χ4v) is 4.08. The molecule has 0 radical (unpaired) electrons. The molecule has 3 nitrogen and oxygen atoms in total. The van der Waals surface area contributed by atoms with Gasteiger partial charge in [0.15, 0.2) is 0 Å². The molecule has 0 heterocycles. The van der Waals surface area contributed by atoms with E-state index < -0.39 is 21.7 Å². The van der Waals surface area contributed by atoms with Crippen molar-refractivity contribution in [3.05, 3.63) is 65.7 Å². The average Bonchev–Trinajstić information content (AvgIpc) is 3.31. The zero-order chi connectivity index (χ0) is 15.7. The summed E-state index contributed by atoms with van der Waals surface area (Å²) in [4.78, 5) is -0.363. The van der Waals surface area contributed by atoms with Crippen LogP contribution in [-0.2, 0) is 16.6 Å². The Morgan fingerprint density at radius 1 is 0.955 bits per heavy atom. The van der Waals surface area contributed by atoms with Crippen LogP contribution in [0.1, 0.15) is 18.4 Å². The maximum absolute atomic E-state index is 13.9. The number of hydrogen-bond acceptors (Lipinski definition) is 2. The molecule has 22 heavy (non-hydrogen) atoms. The first-order valence-corrected chi connectivity index (χ1v) is 8.44. The number of nitrogens with zero attached hydrogens (tertiary/aromatic N) is 1. The monoisotopic (exact) mass is 323 g/mol. The van der Waals surface area contributed by atoms with E-state index in [2.05, 4.69) is 0 Å². The maximum Gasteiger partial charge on any atom is 0.246 e. The summed E-state index contributed by atoms with van der Waals surface area (Å²) < 4.78 is 54.3. The Labute approximate surface area is 128 Å². The largest absolute Gasteiger partial charge is 0.246 e. The van der Waals surface area contributed by atoms with E-state index in [0.717, 1.165) is 6.07 Å². The van der Waals surface area contributed by atoms with Gasteiger partial charge in [-0.05, 0) is 31.0 Å². The molecular weight excluding hydrogens is 308 g/mol. The minimum Gasteiger partial charge on any atom is -0.207 e. The summed E-state index contributed by atoms with van der Waals surface area (Å²) in [5, 5.41) is 0. The van der Waals surface area contributed by atoms with E-state index in [1.807, 2.05) is 0 Å². The molecule has 0 unspecified atom stereocenters. The molecule has 3 rings (SSSR count). The topological polar surface area (TPSA) is 37.4 Å². The van der Waals surface area contributed by atoms with E-state index in [1.54, 1.807) is 18.2 Å². The van der Waals surface area contributed by atoms with E-state index >= 15 is 0 Å². The standard InChI is InChI=1S/C16H15F2NO2S/c17-14-6-2-1-5-12(14)11-19(13-9-10-13)22(20,21)16-8-4-3-7-15(16)18/h1-8,13H,9-11H2. The van der Waals surface area contributed by atoms with Gasteiger partial charge in [0.1, 0.15) is 16.5 Å².